The van der Waals surface area contributed by atoms with Gasteiger partial charge in [0.1, 0.15) is 16.9 Å². The molecule has 0 aliphatic heterocycles. The number of aryl methyl sites for hydroxylation is 1. The van der Waals surface area contributed by atoms with Crippen molar-refractivity contribution in [1.82, 2.24) is 40.4 Å². The molecule has 2 aromatic carbocycles. The first-order valence-corrected chi connectivity index (χ1v) is 12.2. The van der Waals surface area contributed by atoms with Crippen LogP contribution in [0.3, 0.4) is 0 Å². The molecule has 8 nitrogen and oxygen atoms in total. The number of aromatic nitrogens is 8. The summed E-state index contributed by atoms with van der Waals surface area (Å²) < 4.78 is 3.59. The summed E-state index contributed by atoms with van der Waals surface area (Å²) >= 11 is 7.08. The van der Waals surface area contributed by atoms with E-state index in [-0.39, 0.29) is 0 Å². The highest BCUT2D eigenvalue weighted by molar-refractivity contribution is 9.11. The van der Waals surface area contributed by atoms with Crippen molar-refractivity contribution in [1.29, 1.82) is 0 Å². The van der Waals surface area contributed by atoms with E-state index in [1.54, 1.807) is 0 Å². The quantitative estimate of drug-likeness (QED) is 0.275. The number of hydrogen-bond donors (Lipinski definition) is 1. The molecule has 0 aliphatic carbocycles. The van der Waals surface area contributed by atoms with Crippen LogP contribution in [0.1, 0.15) is 31.2 Å². The number of benzene rings is 2. The third kappa shape index (κ3) is 4.32. The van der Waals surface area contributed by atoms with Crippen LogP contribution in [0, 0.1) is 0 Å². The molecule has 0 amide bonds. The number of imidazole rings is 1. The third-order valence-corrected chi connectivity index (χ3v) is 6.62. The highest BCUT2D eigenvalue weighted by atomic mass is 79.9. The Hall–Kier alpha value is -2.98. The van der Waals surface area contributed by atoms with Gasteiger partial charge >= 0.3 is 0 Å². The van der Waals surface area contributed by atoms with E-state index in [2.05, 4.69) is 105 Å². The van der Waals surface area contributed by atoms with E-state index in [1.165, 1.54) is 5.56 Å². The van der Waals surface area contributed by atoms with Gasteiger partial charge in [-0.15, -0.1) is 15.3 Å². The first kappa shape index (κ1) is 21.8. The van der Waals surface area contributed by atoms with E-state index < -0.39 is 0 Å². The second-order valence-corrected chi connectivity index (χ2v) is 9.19. The van der Waals surface area contributed by atoms with E-state index in [4.69, 9.17) is 4.98 Å². The number of unbranched alkanes of at least 4 members (excludes halogenated alkanes) is 1. The van der Waals surface area contributed by atoms with Gasteiger partial charge in [-0.25, -0.2) is 10.1 Å². The fourth-order valence-corrected chi connectivity index (χ4v) is 4.75. The Morgan fingerprint density at radius 1 is 0.909 bits per heavy atom. The predicted molar refractivity (Wildman–Crippen MR) is 133 cm³/mol. The van der Waals surface area contributed by atoms with Crippen molar-refractivity contribution in [2.75, 3.05) is 0 Å². The molecule has 0 unspecified atom stereocenters. The van der Waals surface area contributed by atoms with Gasteiger partial charge in [-0.05, 0) is 65.4 Å². The topological polar surface area (TPSA) is 98.1 Å². The van der Waals surface area contributed by atoms with Crippen molar-refractivity contribution in [3.8, 4) is 22.5 Å². The maximum Gasteiger partial charge on any atom is 0.180 e. The molecule has 0 aliphatic rings. The molecule has 0 saturated heterocycles. The lowest BCUT2D eigenvalue weighted by Crippen LogP contribution is -2.06. The zero-order chi connectivity index (χ0) is 22.8. The smallest absolute Gasteiger partial charge is 0.180 e. The zero-order valence-corrected chi connectivity index (χ0v) is 21.0. The van der Waals surface area contributed by atoms with Gasteiger partial charge in [0.05, 0.1) is 0 Å². The Bertz CT molecular complexity index is 1390. The largest absolute Gasteiger partial charge is 0.321 e. The number of tetrazole rings is 1. The van der Waals surface area contributed by atoms with Crippen LogP contribution in [0.15, 0.2) is 57.7 Å². The molecule has 3 aromatic heterocycles. The maximum atomic E-state index is 4.87. The van der Waals surface area contributed by atoms with Crippen molar-refractivity contribution >= 4 is 42.9 Å². The second-order valence-electron chi connectivity index (χ2n) is 7.69. The van der Waals surface area contributed by atoms with Gasteiger partial charge in [0, 0.05) is 18.5 Å². The molecule has 10 heteroatoms. The summed E-state index contributed by atoms with van der Waals surface area (Å²) in [5.41, 5.74) is 6.09. The summed E-state index contributed by atoms with van der Waals surface area (Å²) in [6, 6.07) is 16.7. The van der Waals surface area contributed by atoms with E-state index in [9.17, 15) is 0 Å². The first-order valence-electron chi connectivity index (χ1n) is 10.6. The minimum atomic E-state index is 0.650. The molecule has 0 radical (unpaired) electrons. The van der Waals surface area contributed by atoms with Crippen LogP contribution >= 0.6 is 31.9 Å². The summed E-state index contributed by atoms with van der Waals surface area (Å²) in [6.45, 7) is 2.88. The van der Waals surface area contributed by atoms with Gasteiger partial charge in [-0.1, -0.05) is 61.9 Å². The number of halogens is 2. The van der Waals surface area contributed by atoms with E-state index in [0.717, 1.165) is 52.8 Å². The minimum Gasteiger partial charge on any atom is -0.321 e. The molecule has 0 bridgehead atoms. The van der Waals surface area contributed by atoms with Crippen molar-refractivity contribution in [2.24, 2.45) is 0 Å². The molecule has 0 spiro atoms. The molecule has 5 rings (SSSR count). The van der Waals surface area contributed by atoms with E-state index in [0.29, 0.717) is 21.6 Å². The monoisotopic (exact) mass is 566 g/mol. The van der Waals surface area contributed by atoms with Crippen LogP contribution in [-0.2, 0) is 13.0 Å². The molecule has 0 atom stereocenters. The highest BCUT2D eigenvalue weighted by Crippen LogP contribution is 2.31. The number of aromatic amines is 1. The van der Waals surface area contributed by atoms with Gasteiger partial charge in [-0.3, -0.25) is 0 Å². The standard InChI is InChI=1S/C23H20Br2N8/c1-2-3-8-18-26-19-20(22(25)28-27-21(19)24)33(18)13-14-9-11-15(12-10-14)16-6-4-5-7-17(16)23-29-31-32-30-23/h4-7,9-12H,2-3,8,13H2,1H3,(H,29,30,31,32). The lowest BCUT2D eigenvalue weighted by Gasteiger charge is -2.12. The molecule has 3 heterocycles. The zero-order valence-electron chi connectivity index (χ0n) is 17.8. The van der Waals surface area contributed by atoms with Crippen LogP contribution in [0.4, 0.5) is 0 Å². The molecule has 0 fully saturated rings. The average Bonchev–Trinajstić information content (AvgIpc) is 3.50. The summed E-state index contributed by atoms with van der Waals surface area (Å²) in [5, 5.41) is 22.7. The fraction of sp³-hybridized carbons (Fsp3) is 0.217. The summed E-state index contributed by atoms with van der Waals surface area (Å²) in [5.74, 6) is 1.69. The van der Waals surface area contributed by atoms with Crippen LogP contribution in [0.5, 0.6) is 0 Å². The summed E-state index contributed by atoms with van der Waals surface area (Å²) in [7, 11) is 0. The molecule has 33 heavy (non-hydrogen) atoms. The fourth-order valence-electron chi connectivity index (χ4n) is 3.92. The second kappa shape index (κ2) is 9.48. The number of fused-ring (bicyclic) bond motifs is 1. The molecular formula is C23H20Br2N8. The van der Waals surface area contributed by atoms with Crippen molar-refractivity contribution in [3.63, 3.8) is 0 Å². The Morgan fingerprint density at radius 2 is 1.67 bits per heavy atom. The van der Waals surface area contributed by atoms with E-state index in [1.807, 2.05) is 18.2 Å². The number of H-pyrrole nitrogens is 1. The van der Waals surface area contributed by atoms with Crippen LogP contribution in [0.2, 0.25) is 0 Å². The normalized spacial score (nSPS) is 11.4. The number of nitrogens with zero attached hydrogens (tertiary/aromatic N) is 7. The first-order chi connectivity index (χ1) is 16.2. The highest BCUT2D eigenvalue weighted by Gasteiger charge is 2.18. The lowest BCUT2D eigenvalue weighted by molar-refractivity contribution is 0.689. The number of rotatable bonds is 7. The Morgan fingerprint density at radius 3 is 2.39 bits per heavy atom. The molecule has 1 N–H and O–H groups in total. The average molecular weight is 568 g/mol. The van der Waals surface area contributed by atoms with Crippen LogP contribution < -0.4 is 0 Å². The number of hydrogen-bond acceptors (Lipinski definition) is 6. The summed E-state index contributed by atoms with van der Waals surface area (Å²) in [4.78, 5) is 4.87. The van der Waals surface area contributed by atoms with Gasteiger partial charge in [0.15, 0.2) is 15.0 Å². The van der Waals surface area contributed by atoms with Crippen molar-refractivity contribution in [2.45, 2.75) is 32.7 Å². The van der Waals surface area contributed by atoms with E-state index >= 15 is 0 Å². The molecule has 166 valence electrons. The maximum absolute atomic E-state index is 4.87. The van der Waals surface area contributed by atoms with Crippen molar-refractivity contribution < 1.29 is 0 Å². The van der Waals surface area contributed by atoms with Crippen molar-refractivity contribution in [3.05, 3.63) is 69.1 Å². The minimum absolute atomic E-state index is 0.650. The Labute approximate surface area is 207 Å². The van der Waals surface area contributed by atoms with Gasteiger partial charge < -0.3 is 4.57 Å². The lowest BCUT2D eigenvalue weighted by atomic mass is 9.98. The van der Waals surface area contributed by atoms with Gasteiger partial charge in [-0.2, -0.15) is 0 Å². The molecule has 5 aromatic rings. The van der Waals surface area contributed by atoms with Gasteiger partial charge in [0.2, 0.25) is 0 Å². The molecule has 0 saturated carbocycles. The van der Waals surface area contributed by atoms with Crippen LogP contribution in [0.25, 0.3) is 33.5 Å². The Kier molecular flexibility index (Phi) is 6.28. The van der Waals surface area contributed by atoms with Crippen LogP contribution in [-0.4, -0.2) is 40.4 Å². The summed E-state index contributed by atoms with van der Waals surface area (Å²) in [6.07, 6.45) is 3.09. The Balaban J connectivity index is 1.51. The predicted octanol–water partition coefficient (Wildman–Crippen LogP) is 5.59. The van der Waals surface area contributed by atoms with Gasteiger partial charge in [0.25, 0.3) is 0 Å². The SMILES string of the molecule is CCCCc1nc2c(Br)nnc(Br)c2n1Cc1ccc(-c2ccccc2-c2nnn[nH]2)cc1. The number of nitrogens with one attached hydrogen (secondary N) is 1. The molecular weight excluding hydrogens is 548 g/mol. The third-order valence-electron chi connectivity index (χ3n) is 5.55.